The first kappa shape index (κ1) is 15.8. The first-order valence-electron chi connectivity index (χ1n) is 6.94. The van der Waals surface area contributed by atoms with Gasteiger partial charge in [-0.15, -0.1) is 0 Å². The van der Waals surface area contributed by atoms with E-state index in [2.05, 4.69) is 31.0 Å². The number of thioether (sulfide) groups is 1. The summed E-state index contributed by atoms with van der Waals surface area (Å²) in [5, 5.41) is 3.55. The van der Waals surface area contributed by atoms with Crippen LogP contribution in [0.5, 0.6) is 0 Å². The molecule has 5 heteroatoms. The molecule has 1 aliphatic rings. The Balaban J connectivity index is 2.51. The summed E-state index contributed by atoms with van der Waals surface area (Å²) in [5.41, 5.74) is 5.86. The zero-order valence-electron chi connectivity index (χ0n) is 11.8. The molecular formula is C13H27N3OS. The molecule has 0 aliphatic carbocycles. The molecule has 0 saturated carbocycles. The van der Waals surface area contributed by atoms with E-state index in [1.54, 1.807) is 0 Å². The van der Waals surface area contributed by atoms with E-state index in [1.165, 1.54) is 0 Å². The molecule has 1 fully saturated rings. The Morgan fingerprint density at radius 3 is 2.89 bits per heavy atom. The zero-order valence-corrected chi connectivity index (χ0v) is 12.6. The molecule has 106 valence electrons. The molecule has 3 unspecified atom stereocenters. The number of nitrogens with zero attached hydrogens (tertiary/aromatic N) is 1. The topological polar surface area (TPSA) is 58.4 Å². The van der Waals surface area contributed by atoms with Gasteiger partial charge in [0, 0.05) is 49.1 Å². The standard InChI is InChI=1S/C13H27N3OS/c1-4-5-15-13(17)8-12(9-14)16-6-7-18-11(3)10(16)2/h10-12H,4-9,14H2,1-3H3,(H,15,17). The van der Waals surface area contributed by atoms with E-state index in [9.17, 15) is 4.79 Å². The van der Waals surface area contributed by atoms with Crippen LogP contribution in [0.15, 0.2) is 0 Å². The van der Waals surface area contributed by atoms with Crippen molar-refractivity contribution in [1.29, 1.82) is 0 Å². The van der Waals surface area contributed by atoms with E-state index in [0.29, 0.717) is 24.3 Å². The largest absolute Gasteiger partial charge is 0.356 e. The third-order valence-electron chi connectivity index (χ3n) is 3.67. The third-order valence-corrected chi connectivity index (χ3v) is 5.00. The monoisotopic (exact) mass is 273 g/mol. The third kappa shape index (κ3) is 4.44. The average Bonchev–Trinajstić information content (AvgIpc) is 2.37. The molecule has 0 aromatic heterocycles. The van der Waals surface area contributed by atoms with Crippen LogP contribution < -0.4 is 11.1 Å². The Morgan fingerprint density at radius 2 is 2.28 bits per heavy atom. The first-order valence-corrected chi connectivity index (χ1v) is 7.99. The van der Waals surface area contributed by atoms with Crippen LogP contribution in [0.1, 0.15) is 33.6 Å². The van der Waals surface area contributed by atoms with Gasteiger partial charge in [-0.3, -0.25) is 9.69 Å². The zero-order chi connectivity index (χ0) is 13.5. The number of nitrogens with one attached hydrogen (secondary N) is 1. The van der Waals surface area contributed by atoms with Crippen LogP contribution in [0.4, 0.5) is 0 Å². The van der Waals surface area contributed by atoms with Crippen molar-refractivity contribution in [2.24, 2.45) is 5.73 Å². The molecular weight excluding hydrogens is 246 g/mol. The summed E-state index contributed by atoms with van der Waals surface area (Å²) < 4.78 is 0. The lowest BCUT2D eigenvalue weighted by molar-refractivity contribution is -0.122. The Bertz CT molecular complexity index is 263. The van der Waals surface area contributed by atoms with Gasteiger partial charge in [0.2, 0.25) is 5.91 Å². The Hall–Kier alpha value is -0.260. The molecule has 1 heterocycles. The van der Waals surface area contributed by atoms with E-state index in [1.807, 2.05) is 11.8 Å². The molecule has 1 rings (SSSR count). The van der Waals surface area contributed by atoms with Crippen LogP contribution >= 0.6 is 11.8 Å². The fraction of sp³-hybridized carbons (Fsp3) is 0.923. The van der Waals surface area contributed by atoms with Crippen molar-refractivity contribution >= 4 is 17.7 Å². The molecule has 1 aliphatic heterocycles. The number of hydrogen-bond donors (Lipinski definition) is 2. The van der Waals surface area contributed by atoms with Gasteiger partial charge in [0.25, 0.3) is 0 Å². The molecule has 0 radical (unpaired) electrons. The summed E-state index contributed by atoms with van der Waals surface area (Å²) in [4.78, 5) is 14.2. The number of amides is 1. The lowest BCUT2D eigenvalue weighted by atomic mass is 10.1. The number of carbonyl (C=O) groups excluding carboxylic acids is 1. The maximum atomic E-state index is 11.8. The lowest BCUT2D eigenvalue weighted by Gasteiger charge is -2.42. The lowest BCUT2D eigenvalue weighted by Crippen LogP contribution is -2.53. The Kier molecular flexibility index (Phi) is 7.04. The second kappa shape index (κ2) is 8.02. The molecule has 1 amide bonds. The molecule has 4 nitrogen and oxygen atoms in total. The van der Waals surface area contributed by atoms with Gasteiger partial charge in [-0.05, 0) is 13.3 Å². The van der Waals surface area contributed by atoms with Crippen molar-refractivity contribution in [1.82, 2.24) is 10.2 Å². The maximum Gasteiger partial charge on any atom is 0.221 e. The van der Waals surface area contributed by atoms with Crippen LogP contribution in [0.3, 0.4) is 0 Å². The smallest absolute Gasteiger partial charge is 0.221 e. The minimum Gasteiger partial charge on any atom is -0.356 e. The number of hydrogen-bond acceptors (Lipinski definition) is 4. The summed E-state index contributed by atoms with van der Waals surface area (Å²) in [6.07, 6.45) is 1.51. The summed E-state index contributed by atoms with van der Waals surface area (Å²) in [5.74, 6) is 1.27. The van der Waals surface area contributed by atoms with E-state index in [-0.39, 0.29) is 11.9 Å². The number of carbonyl (C=O) groups is 1. The average molecular weight is 273 g/mol. The van der Waals surface area contributed by atoms with Gasteiger partial charge >= 0.3 is 0 Å². The van der Waals surface area contributed by atoms with Gasteiger partial charge in [-0.1, -0.05) is 13.8 Å². The van der Waals surface area contributed by atoms with E-state index in [4.69, 9.17) is 5.73 Å². The highest BCUT2D eigenvalue weighted by atomic mass is 32.2. The predicted molar refractivity (Wildman–Crippen MR) is 78.8 cm³/mol. The molecule has 3 N–H and O–H groups in total. The van der Waals surface area contributed by atoms with Crippen LogP contribution in [0.2, 0.25) is 0 Å². The Labute approximate surface area is 115 Å². The minimum absolute atomic E-state index is 0.130. The van der Waals surface area contributed by atoms with Crippen molar-refractivity contribution in [2.45, 2.75) is 50.9 Å². The number of rotatable bonds is 6. The highest BCUT2D eigenvalue weighted by molar-refractivity contribution is 8.00. The summed E-state index contributed by atoms with van der Waals surface area (Å²) in [7, 11) is 0. The molecule has 0 spiro atoms. The first-order chi connectivity index (χ1) is 8.60. The molecule has 0 aromatic rings. The van der Waals surface area contributed by atoms with Crippen molar-refractivity contribution < 1.29 is 4.79 Å². The second-order valence-corrected chi connectivity index (χ2v) is 6.48. The van der Waals surface area contributed by atoms with Crippen LogP contribution in [0.25, 0.3) is 0 Å². The summed E-state index contributed by atoms with van der Waals surface area (Å²) in [6, 6.07) is 0.677. The fourth-order valence-corrected chi connectivity index (χ4v) is 3.48. The van der Waals surface area contributed by atoms with Gasteiger partial charge in [0.05, 0.1) is 0 Å². The van der Waals surface area contributed by atoms with Crippen LogP contribution in [-0.2, 0) is 4.79 Å². The summed E-state index contributed by atoms with van der Waals surface area (Å²) >= 11 is 2.01. The van der Waals surface area contributed by atoms with E-state index < -0.39 is 0 Å². The van der Waals surface area contributed by atoms with Gasteiger partial charge in [0.15, 0.2) is 0 Å². The molecule has 0 bridgehead atoms. The van der Waals surface area contributed by atoms with Crippen molar-refractivity contribution in [3.8, 4) is 0 Å². The minimum atomic E-state index is 0.130. The van der Waals surface area contributed by atoms with Crippen molar-refractivity contribution in [2.75, 3.05) is 25.4 Å². The van der Waals surface area contributed by atoms with Crippen LogP contribution in [-0.4, -0.2) is 53.5 Å². The van der Waals surface area contributed by atoms with Gasteiger partial charge in [-0.2, -0.15) is 11.8 Å². The van der Waals surface area contributed by atoms with Crippen molar-refractivity contribution in [3.05, 3.63) is 0 Å². The normalized spacial score (nSPS) is 26.9. The molecule has 0 aromatic carbocycles. The molecule has 18 heavy (non-hydrogen) atoms. The van der Waals surface area contributed by atoms with Gasteiger partial charge in [-0.25, -0.2) is 0 Å². The van der Waals surface area contributed by atoms with E-state index in [0.717, 1.165) is 25.3 Å². The van der Waals surface area contributed by atoms with E-state index >= 15 is 0 Å². The van der Waals surface area contributed by atoms with Crippen molar-refractivity contribution in [3.63, 3.8) is 0 Å². The highest BCUT2D eigenvalue weighted by Gasteiger charge is 2.30. The number of nitrogens with two attached hydrogens (primary N) is 1. The predicted octanol–water partition coefficient (Wildman–Crippen LogP) is 1.06. The van der Waals surface area contributed by atoms with Gasteiger partial charge < -0.3 is 11.1 Å². The second-order valence-electron chi connectivity index (χ2n) is 5.00. The quantitative estimate of drug-likeness (QED) is 0.760. The van der Waals surface area contributed by atoms with Gasteiger partial charge in [0.1, 0.15) is 0 Å². The summed E-state index contributed by atoms with van der Waals surface area (Å²) in [6.45, 7) is 8.92. The molecule has 3 atom stereocenters. The maximum absolute atomic E-state index is 11.8. The Morgan fingerprint density at radius 1 is 1.56 bits per heavy atom. The molecule has 1 saturated heterocycles. The highest BCUT2D eigenvalue weighted by Crippen LogP contribution is 2.26. The van der Waals surface area contributed by atoms with Crippen LogP contribution in [0, 0.1) is 0 Å². The fourth-order valence-electron chi connectivity index (χ4n) is 2.36. The SMILES string of the molecule is CCCNC(=O)CC(CN)N1CCSC(C)C1C.